The smallest absolute Gasteiger partial charge is 0.0931 e. The van der Waals surface area contributed by atoms with Crippen LogP contribution in [0.15, 0.2) is 12.1 Å². The molecule has 0 saturated heterocycles. The van der Waals surface area contributed by atoms with Crippen LogP contribution in [0.2, 0.25) is 4.34 Å². The van der Waals surface area contributed by atoms with Crippen molar-refractivity contribution < 1.29 is 0 Å². The van der Waals surface area contributed by atoms with E-state index in [1.54, 1.807) is 11.3 Å². The first-order valence-corrected chi connectivity index (χ1v) is 7.46. The molecule has 0 radical (unpaired) electrons. The molecule has 1 aromatic rings. The van der Waals surface area contributed by atoms with Crippen LogP contribution >= 0.6 is 22.9 Å². The Kier molecular flexibility index (Phi) is 6.49. The van der Waals surface area contributed by atoms with Gasteiger partial charge in [-0.1, -0.05) is 38.3 Å². The molecule has 0 aliphatic heterocycles. The van der Waals surface area contributed by atoms with Crippen molar-refractivity contribution in [3.05, 3.63) is 21.3 Å². The van der Waals surface area contributed by atoms with Gasteiger partial charge in [-0.3, -0.25) is 4.90 Å². The van der Waals surface area contributed by atoms with Crippen molar-refractivity contribution in [2.45, 2.75) is 39.3 Å². The Hall–Kier alpha value is -0.0900. The summed E-state index contributed by atoms with van der Waals surface area (Å²) in [6.45, 7) is 6.15. The van der Waals surface area contributed by atoms with Crippen LogP contribution in [0.3, 0.4) is 0 Å². The van der Waals surface area contributed by atoms with E-state index in [2.05, 4.69) is 31.9 Å². The summed E-state index contributed by atoms with van der Waals surface area (Å²) >= 11 is 7.60. The van der Waals surface area contributed by atoms with Gasteiger partial charge in [0, 0.05) is 24.0 Å². The molecule has 4 heteroatoms. The lowest BCUT2D eigenvalue weighted by molar-refractivity contribution is 0.166. The van der Waals surface area contributed by atoms with Crippen LogP contribution in [0.25, 0.3) is 0 Å². The van der Waals surface area contributed by atoms with Crippen LogP contribution in [-0.4, -0.2) is 24.5 Å². The minimum Gasteiger partial charge on any atom is -0.329 e. The molecule has 0 aromatic carbocycles. The molecule has 1 aromatic heterocycles. The third kappa shape index (κ3) is 4.25. The molecule has 2 N–H and O–H groups in total. The maximum absolute atomic E-state index is 5.95. The molecular weight excluding hydrogens is 252 g/mol. The molecule has 1 atom stereocenters. The molecule has 1 heterocycles. The summed E-state index contributed by atoms with van der Waals surface area (Å²) in [5, 5.41) is 0. The minimum atomic E-state index is 0.464. The Bertz CT molecular complexity index is 323. The van der Waals surface area contributed by atoms with Crippen LogP contribution in [-0.2, 0) is 6.54 Å². The molecule has 1 rings (SSSR count). The molecule has 98 valence electrons. The fourth-order valence-electron chi connectivity index (χ4n) is 2.36. The average molecular weight is 275 g/mol. The first-order valence-electron chi connectivity index (χ1n) is 6.26. The van der Waals surface area contributed by atoms with E-state index < -0.39 is 0 Å². The van der Waals surface area contributed by atoms with Gasteiger partial charge in [0.1, 0.15) is 0 Å². The topological polar surface area (TPSA) is 29.3 Å². The highest BCUT2D eigenvalue weighted by molar-refractivity contribution is 7.16. The number of rotatable bonds is 7. The van der Waals surface area contributed by atoms with E-state index in [-0.39, 0.29) is 0 Å². The minimum absolute atomic E-state index is 0.464. The number of thiophene rings is 1. The average Bonchev–Trinajstić information content (AvgIpc) is 2.71. The van der Waals surface area contributed by atoms with Crippen LogP contribution < -0.4 is 5.73 Å². The Labute approximate surface area is 114 Å². The van der Waals surface area contributed by atoms with Crippen molar-refractivity contribution in [2.75, 3.05) is 13.6 Å². The largest absolute Gasteiger partial charge is 0.329 e. The molecule has 0 saturated carbocycles. The third-order valence-electron chi connectivity index (χ3n) is 3.43. The molecular formula is C13H23ClN2S. The van der Waals surface area contributed by atoms with Gasteiger partial charge in [-0.2, -0.15) is 0 Å². The summed E-state index contributed by atoms with van der Waals surface area (Å²) in [7, 11) is 2.16. The number of nitrogens with zero attached hydrogens (tertiary/aromatic N) is 1. The summed E-state index contributed by atoms with van der Waals surface area (Å²) in [5.41, 5.74) is 5.92. The lowest BCUT2D eigenvalue weighted by atomic mass is 9.93. The second-order valence-electron chi connectivity index (χ2n) is 4.50. The quantitative estimate of drug-likeness (QED) is 0.823. The van der Waals surface area contributed by atoms with Gasteiger partial charge in [0.05, 0.1) is 4.34 Å². The third-order valence-corrected chi connectivity index (χ3v) is 4.65. The summed E-state index contributed by atoms with van der Waals surface area (Å²) in [6.07, 6.45) is 2.38. The molecule has 0 spiro atoms. The zero-order chi connectivity index (χ0) is 12.8. The number of hydrogen-bond donors (Lipinski definition) is 1. The molecule has 1 unspecified atom stereocenters. The Balaban J connectivity index is 2.62. The van der Waals surface area contributed by atoms with Gasteiger partial charge in [0.2, 0.25) is 0 Å². The highest BCUT2D eigenvalue weighted by atomic mass is 35.5. The molecule has 0 amide bonds. The normalized spacial score (nSPS) is 13.6. The van der Waals surface area contributed by atoms with Crippen molar-refractivity contribution in [1.82, 2.24) is 4.90 Å². The first-order chi connectivity index (χ1) is 8.12. The predicted molar refractivity (Wildman–Crippen MR) is 77.7 cm³/mol. The number of likely N-dealkylation sites (N-methyl/N-ethyl adjacent to an activating group) is 1. The van der Waals surface area contributed by atoms with E-state index in [1.807, 2.05) is 6.07 Å². The SMILES string of the molecule is CCC(CC)C(CN)N(C)Cc1ccc(Cl)s1. The summed E-state index contributed by atoms with van der Waals surface area (Å²) in [5.74, 6) is 0.681. The molecule has 0 fully saturated rings. The number of halogens is 1. The Morgan fingerprint density at radius 1 is 1.35 bits per heavy atom. The first kappa shape index (κ1) is 15.0. The van der Waals surface area contributed by atoms with Gasteiger partial charge in [-0.25, -0.2) is 0 Å². The van der Waals surface area contributed by atoms with Crippen molar-refractivity contribution in [1.29, 1.82) is 0 Å². The highest BCUT2D eigenvalue weighted by Gasteiger charge is 2.21. The molecule has 0 bridgehead atoms. The predicted octanol–water partition coefficient (Wildman–Crippen LogP) is 3.60. The molecule has 0 aliphatic rings. The van der Waals surface area contributed by atoms with Gasteiger partial charge in [0.25, 0.3) is 0 Å². The maximum atomic E-state index is 5.95. The summed E-state index contributed by atoms with van der Waals surface area (Å²) in [4.78, 5) is 3.67. The van der Waals surface area contributed by atoms with E-state index >= 15 is 0 Å². The maximum Gasteiger partial charge on any atom is 0.0931 e. The second kappa shape index (κ2) is 7.37. The van der Waals surface area contributed by atoms with Gasteiger partial charge in [0.15, 0.2) is 0 Å². The fourth-order valence-corrected chi connectivity index (χ4v) is 3.52. The number of hydrogen-bond acceptors (Lipinski definition) is 3. The fraction of sp³-hybridized carbons (Fsp3) is 0.692. The van der Waals surface area contributed by atoms with Crippen molar-refractivity contribution >= 4 is 22.9 Å². The monoisotopic (exact) mass is 274 g/mol. The lowest BCUT2D eigenvalue weighted by Crippen LogP contribution is -2.42. The zero-order valence-corrected chi connectivity index (χ0v) is 12.5. The van der Waals surface area contributed by atoms with Crippen LogP contribution in [0, 0.1) is 5.92 Å². The van der Waals surface area contributed by atoms with Gasteiger partial charge < -0.3 is 5.73 Å². The summed E-state index contributed by atoms with van der Waals surface area (Å²) < 4.78 is 0.861. The van der Waals surface area contributed by atoms with Gasteiger partial charge in [-0.15, -0.1) is 11.3 Å². The Morgan fingerprint density at radius 3 is 2.41 bits per heavy atom. The van der Waals surface area contributed by atoms with Crippen LogP contribution in [0.4, 0.5) is 0 Å². The Morgan fingerprint density at radius 2 is 2.00 bits per heavy atom. The molecule has 2 nitrogen and oxygen atoms in total. The van der Waals surface area contributed by atoms with Crippen LogP contribution in [0.1, 0.15) is 31.6 Å². The number of nitrogens with two attached hydrogens (primary N) is 1. The van der Waals surface area contributed by atoms with E-state index in [9.17, 15) is 0 Å². The molecule has 17 heavy (non-hydrogen) atoms. The van der Waals surface area contributed by atoms with Crippen LogP contribution in [0.5, 0.6) is 0 Å². The highest BCUT2D eigenvalue weighted by Crippen LogP contribution is 2.24. The van der Waals surface area contributed by atoms with Crippen molar-refractivity contribution in [3.8, 4) is 0 Å². The van der Waals surface area contributed by atoms with Gasteiger partial charge in [-0.05, 0) is 25.1 Å². The van der Waals surface area contributed by atoms with E-state index in [0.29, 0.717) is 12.0 Å². The van der Waals surface area contributed by atoms with E-state index in [4.69, 9.17) is 17.3 Å². The lowest BCUT2D eigenvalue weighted by Gasteiger charge is -2.32. The second-order valence-corrected chi connectivity index (χ2v) is 6.30. The standard InChI is InChI=1S/C13H23ClN2S/c1-4-10(5-2)12(8-15)16(3)9-11-6-7-13(14)17-11/h6-7,10,12H,4-5,8-9,15H2,1-3H3. The van der Waals surface area contributed by atoms with Crippen molar-refractivity contribution in [3.63, 3.8) is 0 Å². The zero-order valence-electron chi connectivity index (χ0n) is 10.9. The van der Waals surface area contributed by atoms with Crippen molar-refractivity contribution in [2.24, 2.45) is 11.7 Å². The summed E-state index contributed by atoms with van der Waals surface area (Å²) in [6, 6.07) is 4.53. The van der Waals surface area contributed by atoms with E-state index in [0.717, 1.165) is 17.4 Å². The van der Waals surface area contributed by atoms with E-state index in [1.165, 1.54) is 17.7 Å². The van der Waals surface area contributed by atoms with Gasteiger partial charge >= 0.3 is 0 Å². The molecule has 0 aliphatic carbocycles.